The van der Waals surface area contributed by atoms with Crippen LogP contribution in [0.1, 0.15) is 33.2 Å². The van der Waals surface area contributed by atoms with E-state index in [1.54, 1.807) is 30.3 Å². The summed E-state index contributed by atoms with van der Waals surface area (Å²) in [6, 6.07) is 17.3. The Morgan fingerprint density at radius 3 is 2.19 bits per heavy atom. The van der Waals surface area contributed by atoms with Crippen molar-refractivity contribution < 1.29 is 35.9 Å². The number of halogens is 6. The van der Waals surface area contributed by atoms with Crippen LogP contribution in [-0.4, -0.2) is 22.1 Å². The van der Waals surface area contributed by atoms with Gasteiger partial charge in [0.25, 0.3) is 5.91 Å². The molecule has 5 rings (SSSR count). The molecular weight excluding hydrogens is 488 g/mol. The standard InChI is InChI=1S/C25H15F6N3O2/c26-24(27,28)16-8-4-7-15(13-16)20-19-21(23(35)32-20)33-34(22(19)14-5-2-1-3-6-14)17-9-11-18(12-10-17)36-25(29,30)31/h1-13,20H,(H,32,35). The molecule has 0 spiro atoms. The molecule has 5 nitrogen and oxygen atoms in total. The largest absolute Gasteiger partial charge is 0.573 e. The van der Waals surface area contributed by atoms with Gasteiger partial charge in [-0.05, 0) is 42.0 Å². The molecule has 184 valence electrons. The lowest BCUT2D eigenvalue weighted by Crippen LogP contribution is -2.22. The summed E-state index contributed by atoms with van der Waals surface area (Å²) < 4.78 is 83.0. The lowest BCUT2D eigenvalue weighted by atomic mass is 9.95. The number of nitrogens with one attached hydrogen (secondary N) is 1. The predicted molar refractivity (Wildman–Crippen MR) is 116 cm³/mol. The van der Waals surface area contributed by atoms with Gasteiger partial charge in [0.1, 0.15) is 5.75 Å². The summed E-state index contributed by atoms with van der Waals surface area (Å²) in [5.41, 5.74) is 1.06. The molecule has 11 heteroatoms. The predicted octanol–water partition coefficient (Wildman–Crippen LogP) is 6.29. The summed E-state index contributed by atoms with van der Waals surface area (Å²) >= 11 is 0. The van der Waals surface area contributed by atoms with Crippen LogP contribution >= 0.6 is 0 Å². The van der Waals surface area contributed by atoms with Crippen molar-refractivity contribution in [1.29, 1.82) is 0 Å². The molecule has 1 atom stereocenters. The highest BCUT2D eigenvalue weighted by molar-refractivity contribution is 6.00. The molecule has 36 heavy (non-hydrogen) atoms. The molecule has 4 aromatic rings. The first-order valence-electron chi connectivity index (χ1n) is 10.5. The number of carbonyl (C=O) groups is 1. The third-order valence-corrected chi connectivity index (χ3v) is 5.61. The van der Waals surface area contributed by atoms with E-state index in [1.165, 1.54) is 28.9 Å². The van der Waals surface area contributed by atoms with Crippen LogP contribution in [0.5, 0.6) is 5.75 Å². The first-order valence-corrected chi connectivity index (χ1v) is 10.5. The molecule has 0 saturated heterocycles. The number of benzene rings is 3. The van der Waals surface area contributed by atoms with Crippen LogP contribution in [0.15, 0.2) is 78.9 Å². The highest BCUT2D eigenvalue weighted by Crippen LogP contribution is 2.41. The maximum atomic E-state index is 13.3. The maximum absolute atomic E-state index is 13.3. The molecule has 0 radical (unpaired) electrons. The number of nitrogens with zero attached hydrogens (tertiary/aromatic N) is 2. The van der Waals surface area contributed by atoms with Crippen molar-refractivity contribution in [1.82, 2.24) is 15.1 Å². The Morgan fingerprint density at radius 1 is 0.861 bits per heavy atom. The fraction of sp³-hybridized carbons (Fsp3) is 0.120. The third kappa shape index (κ3) is 4.39. The molecule has 2 heterocycles. The van der Waals surface area contributed by atoms with E-state index in [0.29, 0.717) is 22.5 Å². The van der Waals surface area contributed by atoms with Gasteiger partial charge in [0, 0.05) is 11.1 Å². The summed E-state index contributed by atoms with van der Waals surface area (Å²) in [5, 5.41) is 7.08. The van der Waals surface area contributed by atoms with Crippen molar-refractivity contribution in [2.24, 2.45) is 0 Å². The molecule has 1 aromatic heterocycles. The van der Waals surface area contributed by atoms with Crippen molar-refractivity contribution in [3.05, 3.63) is 101 Å². The second-order valence-corrected chi connectivity index (χ2v) is 7.96. The van der Waals surface area contributed by atoms with Crippen molar-refractivity contribution in [3.63, 3.8) is 0 Å². The van der Waals surface area contributed by atoms with Gasteiger partial charge in [-0.2, -0.15) is 18.3 Å². The van der Waals surface area contributed by atoms with Crippen LogP contribution in [0, 0.1) is 0 Å². The van der Waals surface area contributed by atoms with Gasteiger partial charge in [-0.15, -0.1) is 13.2 Å². The van der Waals surface area contributed by atoms with E-state index in [4.69, 9.17) is 0 Å². The van der Waals surface area contributed by atoms with Crippen LogP contribution < -0.4 is 10.1 Å². The molecule has 1 N–H and O–H groups in total. The minimum atomic E-state index is -4.86. The number of aromatic nitrogens is 2. The number of ether oxygens (including phenoxy) is 1. The zero-order valence-electron chi connectivity index (χ0n) is 18.1. The zero-order valence-corrected chi connectivity index (χ0v) is 18.1. The van der Waals surface area contributed by atoms with Crippen LogP contribution in [0.4, 0.5) is 26.3 Å². The number of hydrogen-bond donors (Lipinski definition) is 1. The van der Waals surface area contributed by atoms with Crippen LogP contribution in [0.25, 0.3) is 16.9 Å². The molecule has 1 aliphatic heterocycles. The number of fused-ring (bicyclic) bond motifs is 1. The Hall–Kier alpha value is -4.28. The van der Waals surface area contributed by atoms with Gasteiger partial charge in [-0.3, -0.25) is 4.79 Å². The van der Waals surface area contributed by atoms with E-state index >= 15 is 0 Å². The molecule has 0 bridgehead atoms. The quantitative estimate of drug-likeness (QED) is 0.333. The van der Waals surface area contributed by atoms with E-state index < -0.39 is 35.8 Å². The average molecular weight is 503 g/mol. The molecule has 3 aromatic carbocycles. The first kappa shape index (κ1) is 23.5. The Labute approximate surface area is 199 Å². The van der Waals surface area contributed by atoms with Crippen molar-refractivity contribution >= 4 is 5.91 Å². The summed E-state index contributed by atoms with van der Waals surface area (Å²) in [6.45, 7) is 0. The normalized spacial score (nSPS) is 15.5. The van der Waals surface area contributed by atoms with E-state index in [1.807, 2.05) is 0 Å². The highest BCUT2D eigenvalue weighted by Gasteiger charge is 2.39. The fourth-order valence-electron chi connectivity index (χ4n) is 4.14. The van der Waals surface area contributed by atoms with Crippen molar-refractivity contribution in [2.75, 3.05) is 0 Å². The second-order valence-electron chi connectivity index (χ2n) is 7.96. The zero-order chi connectivity index (χ0) is 25.7. The lowest BCUT2D eigenvalue weighted by molar-refractivity contribution is -0.274. The van der Waals surface area contributed by atoms with Gasteiger partial charge in [0.15, 0.2) is 5.69 Å². The number of rotatable bonds is 4. The highest BCUT2D eigenvalue weighted by atomic mass is 19.4. The van der Waals surface area contributed by atoms with Gasteiger partial charge in [-0.1, -0.05) is 42.5 Å². The van der Waals surface area contributed by atoms with Gasteiger partial charge in [-0.25, -0.2) is 4.68 Å². The van der Waals surface area contributed by atoms with E-state index in [2.05, 4.69) is 15.2 Å². The number of alkyl halides is 6. The molecule has 1 unspecified atom stereocenters. The minimum absolute atomic E-state index is 0.00637. The van der Waals surface area contributed by atoms with Crippen LogP contribution in [-0.2, 0) is 6.18 Å². The van der Waals surface area contributed by atoms with Gasteiger partial charge < -0.3 is 10.1 Å². The smallest absolute Gasteiger partial charge is 0.406 e. The maximum Gasteiger partial charge on any atom is 0.573 e. The van der Waals surface area contributed by atoms with Gasteiger partial charge in [0.05, 0.1) is 23.0 Å². The minimum Gasteiger partial charge on any atom is -0.406 e. The third-order valence-electron chi connectivity index (χ3n) is 5.61. The molecular formula is C25H15F6N3O2. The van der Waals surface area contributed by atoms with Crippen molar-refractivity contribution in [3.8, 4) is 22.7 Å². The van der Waals surface area contributed by atoms with E-state index in [0.717, 1.165) is 24.3 Å². The molecule has 1 aliphatic rings. The number of carbonyl (C=O) groups excluding carboxylic acids is 1. The van der Waals surface area contributed by atoms with Crippen LogP contribution in [0.3, 0.4) is 0 Å². The average Bonchev–Trinajstić information content (AvgIpc) is 3.36. The molecule has 0 fully saturated rings. The Balaban J connectivity index is 1.66. The summed E-state index contributed by atoms with van der Waals surface area (Å²) in [6.07, 6.45) is -9.44. The van der Waals surface area contributed by atoms with E-state index in [-0.39, 0.29) is 11.3 Å². The Morgan fingerprint density at radius 2 is 1.56 bits per heavy atom. The number of hydrogen-bond acceptors (Lipinski definition) is 3. The summed E-state index contributed by atoms with van der Waals surface area (Å²) in [7, 11) is 0. The molecule has 1 amide bonds. The summed E-state index contributed by atoms with van der Waals surface area (Å²) in [4.78, 5) is 12.8. The Kier molecular flexibility index (Phi) is 5.50. The van der Waals surface area contributed by atoms with Gasteiger partial charge >= 0.3 is 12.5 Å². The van der Waals surface area contributed by atoms with Crippen molar-refractivity contribution in [2.45, 2.75) is 18.6 Å². The Bertz CT molecular complexity index is 1430. The first-order chi connectivity index (χ1) is 17.0. The summed E-state index contributed by atoms with van der Waals surface area (Å²) in [5.74, 6) is -1.02. The van der Waals surface area contributed by atoms with Gasteiger partial charge in [0.2, 0.25) is 0 Å². The molecule has 0 saturated carbocycles. The lowest BCUT2D eigenvalue weighted by Gasteiger charge is -2.18. The fourth-order valence-corrected chi connectivity index (χ4v) is 4.14. The monoisotopic (exact) mass is 503 g/mol. The number of amides is 1. The second kappa shape index (κ2) is 8.43. The van der Waals surface area contributed by atoms with Crippen LogP contribution in [0.2, 0.25) is 0 Å². The SMILES string of the molecule is O=C1NC(c2cccc(C(F)(F)F)c2)c2c1nn(-c1ccc(OC(F)(F)F)cc1)c2-c1ccccc1. The topological polar surface area (TPSA) is 56.2 Å². The molecule has 0 aliphatic carbocycles. The van der Waals surface area contributed by atoms with E-state index in [9.17, 15) is 31.1 Å².